The van der Waals surface area contributed by atoms with Crippen molar-refractivity contribution >= 4 is 11.8 Å². The molecule has 0 unspecified atom stereocenters. The summed E-state index contributed by atoms with van der Waals surface area (Å²) in [5.74, 6) is -1.61. The topological polar surface area (TPSA) is 603 Å². The van der Waals surface area contributed by atoms with E-state index in [1.807, 2.05) is 0 Å². The summed E-state index contributed by atoms with van der Waals surface area (Å²) in [6.45, 7) is -4.78. The second kappa shape index (κ2) is 29.9. The van der Waals surface area contributed by atoms with E-state index in [9.17, 15) is 117 Å². The number of amides is 2. The van der Waals surface area contributed by atoms with E-state index >= 15 is 0 Å². The Kier molecular flexibility index (Phi) is 24.6. The van der Waals surface area contributed by atoms with E-state index in [0.29, 0.717) is 0 Å². The minimum atomic E-state index is -2.34. The number of aliphatic hydroxyl groups is 21. The van der Waals surface area contributed by atoms with Crippen LogP contribution in [0.2, 0.25) is 0 Å². The molecule has 7 heterocycles. The van der Waals surface area contributed by atoms with Crippen molar-refractivity contribution in [3.05, 3.63) is 0 Å². The Morgan fingerprint density at radius 3 is 1.04 bits per heavy atom. The highest BCUT2D eigenvalue weighted by Gasteiger charge is 2.58. The van der Waals surface area contributed by atoms with E-state index in [1.165, 1.54) is 0 Å². The molecule has 84 heavy (non-hydrogen) atoms. The second-order valence-electron chi connectivity index (χ2n) is 21.1. The van der Waals surface area contributed by atoms with Gasteiger partial charge in [-0.05, 0) is 0 Å². The first-order valence-corrected chi connectivity index (χ1v) is 26.6. The van der Waals surface area contributed by atoms with Crippen molar-refractivity contribution in [2.24, 2.45) is 0 Å². The lowest BCUT2D eigenvalue weighted by molar-refractivity contribution is -0.387. The Morgan fingerprint density at radius 1 is 0.310 bits per heavy atom. The number of hydrogen-bond donors (Lipinski definition) is 23. The van der Waals surface area contributed by atoms with Gasteiger partial charge in [-0.25, -0.2) is 0 Å². The third kappa shape index (κ3) is 14.9. The van der Waals surface area contributed by atoms with Crippen LogP contribution in [0.4, 0.5) is 0 Å². The van der Waals surface area contributed by atoms with Crippen LogP contribution in [0.1, 0.15) is 13.8 Å². The van der Waals surface area contributed by atoms with Crippen molar-refractivity contribution in [3.8, 4) is 0 Å². The SMILES string of the molecule is CC(=O)N[C@@H]1[C@@H](O)[C@H](O[C@H]2O[C@H](CO)[C@@H](O[C@@H]3O[C@H](CO[C@H]4O[C@H](CO[C@H]5O[C@H](CO)[C@@H](O)[C@H](O)[C@@H]5O)[C@@H](O)[C@H](O[C@H]5O[C@H](CO)[C@@H](O)[C@H](O)[C@@H]5O)[C@@H]4O)[C@@H](O)[C@H](O[C@H]4O[C@H](CO)[C@@H](O)[C@H](O)[C@@H]4O)[C@@H]3O)[C@H](O)[C@H]2NC(C)=O)[C@@H](CO)O[C@H]1O. The van der Waals surface area contributed by atoms with E-state index in [1.54, 1.807) is 0 Å². The first kappa shape index (κ1) is 69.1. The Morgan fingerprint density at radius 2 is 0.607 bits per heavy atom. The van der Waals surface area contributed by atoms with Crippen LogP contribution in [0.5, 0.6) is 0 Å². The summed E-state index contributed by atoms with van der Waals surface area (Å²) in [7, 11) is 0. The number of nitrogens with one attached hydrogen (secondary N) is 2. The van der Waals surface area contributed by atoms with E-state index < -0.39 is 273 Å². The molecule has 2 amide bonds. The molecule has 0 aromatic heterocycles. The molecule has 7 aliphatic heterocycles. The normalized spacial score (nSPS) is 50.3. The third-order valence-electron chi connectivity index (χ3n) is 15.3. The quantitative estimate of drug-likeness (QED) is 0.0507. The van der Waals surface area contributed by atoms with Gasteiger partial charge in [0.25, 0.3) is 0 Å². The molecule has 488 valence electrons. The number of carbonyl (C=O) groups is 2. The molecule has 7 fully saturated rings. The van der Waals surface area contributed by atoms with Crippen LogP contribution in [0.25, 0.3) is 0 Å². The lowest BCUT2D eigenvalue weighted by Crippen LogP contribution is -2.70. The van der Waals surface area contributed by atoms with Gasteiger partial charge in [0, 0.05) is 13.8 Å². The molecule has 0 spiro atoms. The standard InChI is InChI=1S/C46H78N2O36/c1-10(54)47-19-26(61)36(15(6-52)74-40(19)71)81-41-20(48-11(2)55)27(62)37(16(7-53)78-41)82-46-35(70)39(84-45-33(68)30(65)23(58)14(5-51)77-45)25(60)18(80-46)9-73-43-34(69)38(83-44-32(67)29(64)22(57)13(4-50)76-44)24(59)17(79-43)8-72-42-31(66)28(63)21(56)12(3-49)75-42/h12-46,49-53,56-71H,3-9H2,1-2H3,(H,47,54)(H,48,55)/t12-,13-,14-,15-,16-,17-,18-,19-,20-,21-,22-,23-,24-,25-,26-,27-,28+,29+,30+,31+,32+,33+,34+,35+,36-,37-,38+,39+,40-,41-,42+,43+,44-,45-,46+/m1/s1. The van der Waals surface area contributed by atoms with Crippen molar-refractivity contribution in [2.75, 3.05) is 46.2 Å². The van der Waals surface area contributed by atoms with Gasteiger partial charge in [-0.3, -0.25) is 9.59 Å². The zero-order valence-electron chi connectivity index (χ0n) is 44.7. The van der Waals surface area contributed by atoms with Crippen molar-refractivity contribution in [1.29, 1.82) is 0 Å². The fraction of sp³-hybridized carbons (Fsp3) is 0.957. The zero-order chi connectivity index (χ0) is 61.9. The van der Waals surface area contributed by atoms with Crippen LogP contribution < -0.4 is 10.6 Å². The van der Waals surface area contributed by atoms with Crippen molar-refractivity contribution < 1.29 is 178 Å². The van der Waals surface area contributed by atoms with E-state index in [-0.39, 0.29) is 0 Å². The maximum atomic E-state index is 12.7. The van der Waals surface area contributed by atoms with Gasteiger partial charge in [-0.2, -0.15) is 0 Å². The van der Waals surface area contributed by atoms with E-state index in [0.717, 1.165) is 13.8 Å². The Hall–Kier alpha value is -2.42. The number of rotatable bonds is 21. The van der Waals surface area contributed by atoms with Crippen LogP contribution in [0.3, 0.4) is 0 Å². The molecule has 0 aliphatic carbocycles. The minimum Gasteiger partial charge on any atom is -0.394 e. The summed E-state index contributed by atoms with van der Waals surface area (Å²) < 4.78 is 74.3. The van der Waals surface area contributed by atoms with Crippen LogP contribution in [0, 0.1) is 0 Å². The van der Waals surface area contributed by atoms with Gasteiger partial charge >= 0.3 is 0 Å². The average Bonchev–Trinajstić information content (AvgIpc) is 1.85. The summed E-state index contributed by atoms with van der Waals surface area (Å²) in [6, 6.07) is -3.37. The lowest BCUT2D eigenvalue weighted by Gasteiger charge is -2.50. The molecule has 7 rings (SSSR count). The lowest BCUT2D eigenvalue weighted by atomic mass is 9.94. The molecule has 0 radical (unpaired) electrons. The molecule has 0 bridgehead atoms. The summed E-state index contributed by atoms with van der Waals surface area (Å²) in [5.41, 5.74) is 0. The minimum absolute atomic E-state index is 0.738. The Bertz CT molecular complexity index is 2060. The van der Waals surface area contributed by atoms with E-state index in [2.05, 4.69) is 10.6 Å². The maximum Gasteiger partial charge on any atom is 0.217 e. The molecule has 7 saturated heterocycles. The van der Waals surface area contributed by atoms with Crippen LogP contribution in [0.15, 0.2) is 0 Å². The van der Waals surface area contributed by atoms with Gasteiger partial charge in [-0.15, -0.1) is 0 Å². The van der Waals surface area contributed by atoms with Crippen LogP contribution in [-0.2, 0) is 71.2 Å². The number of carbonyl (C=O) groups excluding carboxylic acids is 2. The zero-order valence-corrected chi connectivity index (χ0v) is 44.7. The molecule has 0 aromatic rings. The van der Waals surface area contributed by atoms with Crippen LogP contribution in [-0.4, -0.2) is 380 Å². The number of hydrogen-bond acceptors (Lipinski definition) is 36. The first-order valence-electron chi connectivity index (χ1n) is 26.6. The van der Waals surface area contributed by atoms with Gasteiger partial charge in [0.05, 0.1) is 46.2 Å². The maximum absolute atomic E-state index is 12.7. The van der Waals surface area contributed by atoms with Crippen LogP contribution >= 0.6 is 0 Å². The fourth-order valence-electron chi connectivity index (χ4n) is 10.6. The smallest absolute Gasteiger partial charge is 0.217 e. The molecule has 7 aliphatic rings. The fourth-order valence-corrected chi connectivity index (χ4v) is 10.6. The van der Waals surface area contributed by atoms with Crippen molar-refractivity contribution in [2.45, 2.75) is 229 Å². The van der Waals surface area contributed by atoms with Crippen molar-refractivity contribution in [3.63, 3.8) is 0 Å². The van der Waals surface area contributed by atoms with Gasteiger partial charge in [0.1, 0.15) is 171 Å². The predicted octanol–water partition coefficient (Wildman–Crippen LogP) is -16.0. The third-order valence-corrected chi connectivity index (χ3v) is 15.3. The highest BCUT2D eigenvalue weighted by Crippen LogP contribution is 2.37. The summed E-state index contributed by atoms with van der Waals surface area (Å²) >= 11 is 0. The van der Waals surface area contributed by atoms with Crippen molar-refractivity contribution in [1.82, 2.24) is 10.6 Å². The Labute approximate surface area is 475 Å². The molecule has 23 N–H and O–H groups in total. The first-order chi connectivity index (χ1) is 39.7. The monoisotopic (exact) mass is 1230 g/mol. The van der Waals surface area contributed by atoms with E-state index in [4.69, 9.17) is 61.6 Å². The second-order valence-corrected chi connectivity index (χ2v) is 21.1. The average molecular weight is 1240 g/mol. The molecule has 38 heteroatoms. The molecule has 0 aromatic carbocycles. The Balaban J connectivity index is 1.17. The molecule has 35 atom stereocenters. The highest BCUT2D eigenvalue weighted by atomic mass is 16.8. The van der Waals surface area contributed by atoms with Gasteiger partial charge in [0.15, 0.2) is 44.0 Å². The van der Waals surface area contributed by atoms with Gasteiger partial charge in [-0.1, -0.05) is 0 Å². The highest BCUT2D eigenvalue weighted by molar-refractivity contribution is 5.73. The van der Waals surface area contributed by atoms with Gasteiger partial charge in [0.2, 0.25) is 11.8 Å². The summed E-state index contributed by atoms with van der Waals surface area (Å²) in [5, 5.41) is 231. The summed E-state index contributed by atoms with van der Waals surface area (Å²) in [6.07, 6.45) is -65.1. The number of aliphatic hydroxyl groups excluding tert-OH is 21. The molecule has 38 nitrogen and oxygen atoms in total. The largest absolute Gasteiger partial charge is 0.394 e. The molecule has 0 saturated carbocycles. The summed E-state index contributed by atoms with van der Waals surface area (Å²) in [4.78, 5) is 24.6. The molecular formula is C46H78N2O36. The molecular weight excluding hydrogens is 1160 g/mol. The predicted molar refractivity (Wildman–Crippen MR) is 255 cm³/mol. The number of ether oxygens (including phenoxy) is 13. The van der Waals surface area contributed by atoms with Gasteiger partial charge < -0.3 is 179 Å².